The third-order valence-corrected chi connectivity index (χ3v) is 4.29. The van der Waals surface area contributed by atoms with Crippen LogP contribution >= 0.6 is 12.2 Å². The first-order valence-electron chi connectivity index (χ1n) is 7.08. The van der Waals surface area contributed by atoms with E-state index in [1.54, 1.807) is 6.20 Å². The van der Waals surface area contributed by atoms with E-state index in [-0.39, 0.29) is 11.8 Å². The van der Waals surface area contributed by atoms with Crippen molar-refractivity contribution in [2.45, 2.75) is 12.8 Å². The predicted molar refractivity (Wildman–Crippen MR) is 87.2 cm³/mol. The average molecular weight is 299 g/mol. The maximum Gasteiger partial charge on any atom is 0.253 e. The summed E-state index contributed by atoms with van der Waals surface area (Å²) >= 11 is 5.07. The molecule has 0 saturated carbocycles. The van der Waals surface area contributed by atoms with Crippen LogP contribution in [0.25, 0.3) is 10.9 Å². The lowest BCUT2D eigenvalue weighted by Crippen LogP contribution is -2.43. The molecule has 108 valence electrons. The third kappa shape index (κ3) is 2.88. The highest BCUT2D eigenvalue weighted by Gasteiger charge is 2.25. The fraction of sp³-hybridized carbons (Fsp3) is 0.312. The van der Waals surface area contributed by atoms with E-state index < -0.39 is 0 Å². The number of amides is 1. The molecule has 0 radical (unpaired) electrons. The summed E-state index contributed by atoms with van der Waals surface area (Å²) in [5.74, 6) is 0.182. The maximum atomic E-state index is 12.6. The summed E-state index contributed by atoms with van der Waals surface area (Å²) in [5, 5.41) is 0.978. The van der Waals surface area contributed by atoms with E-state index in [2.05, 4.69) is 4.98 Å². The molecular formula is C16H17N3OS. The maximum absolute atomic E-state index is 12.6. The molecule has 5 heteroatoms. The number of pyridine rings is 1. The summed E-state index contributed by atoms with van der Waals surface area (Å²) in [6.07, 6.45) is 3.67. The standard InChI is InChI=1S/C16H17N3OS/c17-15(21)13-4-2-8-19(10-13)16(20)12-5-6-14-11(9-12)3-1-7-18-14/h1,3,5-7,9,13H,2,4,8,10H2,(H2,17,21). The summed E-state index contributed by atoms with van der Waals surface area (Å²) in [4.78, 5) is 19.3. The van der Waals surface area contributed by atoms with Crippen LogP contribution in [0.15, 0.2) is 36.5 Å². The van der Waals surface area contributed by atoms with E-state index in [1.807, 2.05) is 35.2 Å². The van der Waals surface area contributed by atoms with Crippen LogP contribution < -0.4 is 5.73 Å². The molecule has 1 aromatic carbocycles. The van der Waals surface area contributed by atoms with Gasteiger partial charge in [0.1, 0.15) is 0 Å². The van der Waals surface area contributed by atoms with Gasteiger partial charge < -0.3 is 10.6 Å². The Balaban J connectivity index is 1.84. The molecule has 1 saturated heterocycles. The van der Waals surface area contributed by atoms with Crippen LogP contribution in [-0.4, -0.2) is 33.9 Å². The normalized spacial score (nSPS) is 18.7. The molecular weight excluding hydrogens is 282 g/mol. The van der Waals surface area contributed by atoms with Crippen molar-refractivity contribution in [3.05, 3.63) is 42.1 Å². The first kappa shape index (κ1) is 13.9. The molecule has 2 aromatic rings. The Morgan fingerprint density at radius 1 is 1.38 bits per heavy atom. The number of likely N-dealkylation sites (tertiary alicyclic amines) is 1. The molecule has 3 rings (SSSR count). The van der Waals surface area contributed by atoms with Gasteiger partial charge in [-0.3, -0.25) is 9.78 Å². The van der Waals surface area contributed by atoms with Crippen molar-refractivity contribution in [2.75, 3.05) is 13.1 Å². The Morgan fingerprint density at radius 2 is 2.24 bits per heavy atom. The fourth-order valence-electron chi connectivity index (χ4n) is 2.79. The molecule has 1 aromatic heterocycles. The number of piperidine rings is 1. The van der Waals surface area contributed by atoms with Crippen LogP contribution in [0.4, 0.5) is 0 Å². The lowest BCUT2D eigenvalue weighted by atomic mass is 9.97. The number of hydrogen-bond donors (Lipinski definition) is 1. The molecule has 1 amide bonds. The molecule has 1 unspecified atom stereocenters. The van der Waals surface area contributed by atoms with E-state index in [0.29, 0.717) is 17.1 Å². The highest BCUT2D eigenvalue weighted by atomic mass is 32.1. The summed E-state index contributed by atoms with van der Waals surface area (Å²) in [5.41, 5.74) is 7.32. The van der Waals surface area contributed by atoms with Gasteiger partial charge in [-0.2, -0.15) is 0 Å². The first-order chi connectivity index (χ1) is 10.1. The quantitative estimate of drug-likeness (QED) is 0.865. The number of benzene rings is 1. The van der Waals surface area contributed by atoms with Crippen molar-refractivity contribution in [2.24, 2.45) is 11.7 Å². The summed E-state index contributed by atoms with van der Waals surface area (Å²) in [6, 6.07) is 9.46. The average Bonchev–Trinajstić information content (AvgIpc) is 2.53. The molecule has 1 atom stereocenters. The molecule has 1 fully saturated rings. The zero-order valence-electron chi connectivity index (χ0n) is 11.7. The van der Waals surface area contributed by atoms with Crippen molar-refractivity contribution in [3.8, 4) is 0 Å². The SMILES string of the molecule is NC(=S)C1CCCN(C(=O)c2ccc3ncccc3c2)C1. The van der Waals surface area contributed by atoms with E-state index in [9.17, 15) is 4.79 Å². The molecule has 4 nitrogen and oxygen atoms in total. The molecule has 2 N–H and O–H groups in total. The number of hydrogen-bond acceptors (Lipinski definition) is 3. The summed E-state index contributed by atoms with van der Waals surface area (Å²) < 4.78 is 0. The first-order valence-corrected chi connectivity index (χ1v) is 7.49. The predicted octanol–water partition coefficient (Wildman–Crippen LogP) is 2.37. The minimum Gasteiger partial charge on any atom is -0.393 e. The molecule has 1 aliphatic heterocycles. The highest BCUT2D eigenvalue weighted by molar-refractivity contribution is 7.80. The van der Waals surface area contributed by atoms with Crippen LogP contribution in [-0.2, 0) is 0 Å². The lowest BCUT2D eigenvalue weighted by molar-refractivity contribution is 0.0704. The van der Waals surface area contributed by atoms with Gasteiger partial charge in [0.15, 0.2) is 0 Å². The number of nitrogens with zero attached hydrogens (tertiary/aromatic N) is 2. The Labute approximate surface area is 129 Å². The Bertz CT molecular complexity index is 701. The van der Waals surface area contributed by atoms with Crippen molar-refractivity contribution < 1.29 is 4.79 Å². The second-order valence-electron chi connectivity index (χ2n) is 5.40. The van der Waals surface area contributed by atoms with Gasteiger partial charge in [-0.15, -0.1) is 0 Å². The van der Waals surface area contributed by atoms with Crippen LogP contribution in [0.5, 0.6) is 0 Å². The van der Waals surface area contributed by atoms with Gasteiger partial charge in [0.2, 0.25) is 0 Å². The lowest BCUT2D eigenvalue weighted by Gasteiger charge is -2.32. The summed E-state index contributed by atoms with van der Waals surface area (Å²) in [7, 11) is 0. The Morgan fingerprint density at radius 3 is 3.05 bits per heavy atom. The minimum atomic E-state index is 0.0432. The van der Waals surface area contributed by atoms with Gasteiger partial charge in [0.05, 0.1) is 10.5 Å². The second kappa shape index (κ2) is 5.77. The number of carbonyl (C=O) groups excluding carboxylic acids is 1. The zero-order chi connectivity index (χ0) is 14.8. The zero-order valence-corrected chi connectivity index (χ0v) is 12.5. The number of fused-ring (bicyclic) bond motifs is 1. The number of thiocarbonyl (C=S) groups is 1. The molecule has 0 bridgehead atoms. The number of nitrogens with two attached hydrogens (primary N) is 1. The monoisotopic (exact) mass is 299 g/mol. The smallest absolute Gasteiger partial charge is 0.253 e. The Kier molecular flexibility index (Phi) is 3.84. The molecule has 1 aliphatic rings. The second-order valence-corrected chi connectivity index (χ2v) is 5.87. The number of aromatic nitrogens is 1. The van der Waals surface area contributed by atoms with E-state index in [1.165, 1.54) is 0 Å². The van der Waals surface area contributed by atoms with Crippen LogP contribution in [0, 0.1) is 5.92 Å². The minimum absolute atomic E-state index is 0.0432. The van der Waals surface area contributed by atoms with Gasteiger partial charge >= 0.3 is 0 Å². The van der Waals surface area contributed by atoms with Crippen molar-refractivity contribution in [1.82, 2.24) is 9.88 Å². The van der Waals surface area contributed by atoms with E-state index >= 15 is 0 Å². The topological polar surface area (TPSA) is 59.2 Å². The number of rotatable bonds is 2. The Hall–Kier alpha value is -2.01. The van der Waals surface area contributed by atoms with Crippen LogP contribution in [0.3, 0.4) is 0 Å². The largest absolute Gasteiger partial charge is 0.393 e. The van der Waals surface area contributed by atoms with Crippen LogP contribution in [0.2, 0.25) is 0 Å². The van der Waals surface area contributed by atoms with Crippen molar-refractivity contribution in [3.63, 3.8) is 0 Å². The van der Waals surface area contributed by atoms with Gasteiger partial charge in [0, 0.05) is 36.2 Å². The van der Waals surface area contributed by atoms with Crippen molar-refractivity contribution in [1.29, 1.82) is 0 Å². The van der Waals surface area contributed by atoms with Gasteiger partial charge in [-0.1, -0.05) is 18.3 Å². The third-order valence-electron chi connectivity index (χ3n) is 3.96. The molecule has 0 aliphatic carbocycles. The van der Waals surface area contributed by atoms with E-state index in [0.717, 1.165) is 30.3 Å². The highest BCUT2D eigenvalue weighted by Crippen LogP contribution is 2.20. The van der Waals surface area contributed by atoms with Crippen LogP contribution in [0.1, 0.15) is 23.2 Å². The van der Waals surface area contributed by atoms with Gasteiger partial charge in [0.25, 0.3) is 5.91 Å². The fourth-order valence-corrected chi connectivity index (χ4v) is 2.98. The molecule has 2 heterocycles. The molecule has 0 spiro atoms. The summed E-state index contributed by atoms with van der Waals surface area (Å²) in [6.45, 7) is 1.39. The number of carbonyl (C=O) groups is 1. The van der Waals surface area contributed by atoms with Gasteiger partial charge in [-0.05, 0) is 37.1 Å². The van der Waals surface area contributed by atoms with Crippen molar-refractivity contribution >= 4 is 34.0 Å². The van der Waals surface area contributed by atoms with E-state index in [4.69, 9.17) is 18.0 Å². The molecule has 21 heavy (non-hydrogen) atoms. The van der Waals surface area contributed by atoms with Gasteiger partial charge in [-0.25, -0.2) is 0 Å².